The smallest absolute Gasteiger partial charge is 0.327 e. The molecular weight excluding hydrogens is 194 g/mol. The van der Waals surface area contributed by atoms with Crippen LogP contribution in [0.5, 0.6) is 5.75 Å². The summed E-state index contributed by atoms with van der Waals surface area (Å²) in [6.07, 6.45) is 0. The maximum Gasteiger partial charge on any atom is 0.327 e. The van der Waals surface area contributed by atoms with Crippen molar-refractivity contribution in [3.8, 4) is 5.75 Å². The van der Waals surface area contributed by atoms with E-state index < -0.39 is 6.04 Å². The third-order valence-corrected chi connectivity index (χ3v) is 2.15. The van der Waals surface area contributed by atoms with Crippen LogP contribution in [-0.2, 0) is 9.53 Å². The SMILES string of the molecule is CN[C@H](C(=O)OC)c1cccc(OC)c1. The molecule has 1 aromatic carbocycles. The second kappa shape index (κ2) is 5.36. The van der Waals surface area contributed by atoms with Crippen molar-refractivity contribution in [2.24, 2.45) is 0 Å². The van der Waals surface area contributed by atoms with E-state index in [-0.39, 0.29) is 5.97 Å². The fraction of sp³-hybridized carbons (Fsp3) is 0.364. The van der Waals surface area contributed by atoms with Crippen molar-refractivity contribution in [1.29, 1.82) is 0 Å². The van der Waals surface area contributed by atoms with Crippen LogP contribution in [-0.4, -0.2) is 27.2 Å². The Morgan fingerprint density at radius 1 is 1.40 bits per heavy atom. The molecule has 0 saturated carbocycles. The first-order chi connectivity index (χ1) is 7.22. The Morgan fingerprint density at radius 2 is 2.13 bits per heavy atom. The molecule has 0 heterocycles. The Bertz CT molecular complexity index is 338. The quantitative estimate of drug-likeness (QED) is 0.755. The summed E-state index contributed by atoms with van der Waals surface area (Å²) in [5.74, 6) is 0.405. The second-order valence-electron chi connectivity index (χ2n) is 3.02. The third kappa shape index (κ3) is 2.70. The number of ether oxygens (including phenoxy) is 2. The number of hydrogen-bond donors (Lipinski definition) is 1. The first-order valence-electron chi connectivity index (χ1n) is 4.62. The zero-order chi connectivity index (χ0) is 11.3. The van der Waals surface area contributed by atoms with Gasteiger partial charge in [-0.1, -0.05) is 12.1 Å². The molecule has 0 aliphatic heterocycles. The number of nitrogens with one attached hydrogen (secondary N) is 1. The number of esters is 1. The Labute approximate surface area is 89.2 Å². The molecule has 1 atom stereocenters. The van der Waals surface area contributed by atoms with Gasteiger partial charge in [0.15, 0.2) is 0 Å². The van der Waals surface area contributed by atoms with Crippen molar-refractivity contribution < 1.29 is 14.3 Å². The summed E-state index contributed by atoms with van der Waals surface area (Å²) in [7, 11) is 4.67. The minimum absolute atomic E-state index is 0.314. The highest BCUT2D eigenvalue weighted by atomic mass is 16.5. The zero-order valence-electron chi connectivity index (χ0n) is 9.11. The molecule has 4 heteroatoms. The van der Waals surface area contributed by atoms with Gasteiger partial charge in [-0.05, 0) is 24.7 Å². The summed E-state index contributed by atoms with van der Waals surface area (Å²) in [5.41, 5.74) is 0.823. The van der Waals surface area contributed by atoms with Crippen molar-refractivity contribution in [3.05, 3.63) is 29.8 Å². The van der Waals surface area contributed by atoms with E-state index in [1.54, 1.807) is 20.2 Å². The van der Waals surface area contributed by atoms with E-state index >= 15 is 0 Å². The van der Waals surface area contributed by atoms with Crippen LogP contribution in [0, 0.1) is 0 Å². The molecule has 0 bridgehead atoms. The van der Waals surface area contributed by atoms with Gasteiger partial charge in [0.1, 0.15) is 11.8 Å². The molecule has 0 aromatic heterocycles. The van der Waals surface area contributed by atoms with E-state index in [2.05, 4.69) is 10.1 Å². The lowest BCUT2D eigenvalue weighted by atomic mass is 10.1. The molecule has 0 aliphatic carbocycles. The highest BCUT2D eigenvalue weighted by Gasteiger charge is 2.19. The van der Waals surface area contributed by atoms with Gasteiger partial charge in [-0.25, -0.2) is 4.79 Å². The first-order valence-corrected chi connectivity index (χ1v) is 4.62. The lowest BCUT2D eigenvalue weighted by molar-refractivity contribution is -0.143. The highest BCUT2D eigenvalue weighted by molar-refractivity contribution is 5.77. The van der Waals surface area contributed by atoms with E-state index in [0.717, 1.165) is 11.3 Å². The summed E-state index contributed by atoms with van der Waals surface area (Å²) >= 11 is 0. The molecule has 0 amide bonds. The minimum atomic E-state index is -0.454. The maximum atomic E-state index is 11.4. The number of likely N-dealkylation sites (N-methyl/N-ethyl adjacent to an activating group) is 1. The summed E-state index contributed by atoms with van der Waals surface area (Å²) in [6.45, 7) is 0. The van der Waals surface area contributed by atoms with E-state index in [0.29, 0.717) is 0 Å². The normalized spacial score (nSPS) is 11.9. The fourth-order valence-corrected chi connectivity index (χ4v) is 1.36. The molecule has 0 saturated heterocycles. The molecule has 1 rings (SSSR count). The predicted octanol–water partition coefficient (Wildman–Crippen LogP) is 1.13. The molecule has 4 nitrogen and oxygen atoms in total. The van der Waals surface area contributed by atoms with Gasteiger partial charge in [0.05, 0.1) is 14.2 Å². The lowest BCUT2D eigenvalue weighted by Gasteiger charge is -2.14. The number of benzene rings is 1. The van der Waals surface area contributed by atoms with E-state index in [1.807, 2.05) is 18.2 Å². The average Bonchev–Trinajstić information content (AvgIpc) is 2.30. The monoisotopic (exact) mass is 209 g/mol. The standard InChI is InChI=1S/C11H15NO3/c1-12-10(11(13)15-3)8-5-4-6-9(7-8)14-2/h4-7,10,12H,1-3H3/t10-/m0/s1. The molecule has 0 unspecified atom stereocenters. The van der Waals surface area contributed by atoms with Crippen LogP contribution in [0.1, 0.15) is 11.6 Å². The topological polar surface area (TPSA) is 47.6 Å². The van der Waals surface area contributed by atoms with Crippen molar-refractivity contribution >= 4 is 5.97 Å². The van der Waals surface area contributed by atoms with Gasteiger partial charge in [0.25, 0.3) is 0 Å². The van der Waals surface area contributed by atoms with Crippen molar-refractivity contribution in [3.63, 3.8) is 0 Å². The number of hydrogen-bond acceptors (Lipinski definition) is 4. The Kier molecular flexibility index (Phi) is 4.12. The first kappa shape index (κ1) is 11.5. The molecule has 1 aromatic rings. The van der Waals surface area contributed by atoms with Gasteiger partial charge in [0.2, 0.25) is 0 Å². The lowest BCUT2D eigenvalue weighted by Crippen LogP contribution is -2.26. The van der Waals surface area contributed by atoms with Gasteiger partial charge in [-0.2, -0.15) is 0 Å². The molecule has 82 valence electrons. The molecule has 15 heavy (non-hydrogen) atoms. The fourth-order valence-electron chi connectivity index (χ4n) is 1.36. The van der Waals surface area contributed by atoms with Crippen LogP contribution in [0.2, 0.25) is 0 Å². The summed E-state index contributed by atoms with van der Waals surface area (Å²) < 4.78 is 9.77. The van der Waals surface area contributed by atoms with Crippen LogP contribution in [0.4, 0.5) is 0 Å². The van der Waals surface area contributed by atoms with Gasteiger partial charge in [0, 0.05) is 0 Å². The van der Waals surface area contributed by atoms with Crippen LogP contribution >= 0.6 is 0 Å². The molecule has 0 radical (unpaired) electrons. The van der Waals surface area contributed by atoms with Crippen LogP contribution < -0.4 is 10.1 Å². The van der Waals surface area contributed by atoms with Crippen LogP contribution in [0.25, 0.3) is 0 Å². The number of carbonyl (C=O) groups excluding carboxylic acids is 1. The van der Waals surface area contributed by atoms with E-state index in [1.165, 1.54) is 7.11 Å². The number of carbonyl (C=O) groups is 1. The zero-order valence-corrected chi connectivity index (χ0v) is 9.11. The van der Waals surface area contributed by atoms with Crippen molar-refractivity contribution in [2.75, 3.05) is 21.3 Å². The summed E-state index contributed by atoms with van der Waals surface area (Å²) in [6, 6.07) is 6.86. The molecule has 0 fully saturated rings. The minimum Gasteiger partial charge on any atom is -0.497 e. The van der Waals surface area contributed by atoms with E-state index in [9.17, 15) is 4.79 Å². The summed E-state index contributed by atoms with van der Waals surface area (Å²) in [4.78, 5) is 11.4. The Hall–Kier alpha value is -1.55. The third-order valence-electron chi connectivity index (χ3n) is 2.15. The maximum absolute atomic E-state index is 11.4. The number of rotatable bonds is 4. The summed E-state index contributed by atoms with van der Waals surface area (Å²) in [5, 5.41) is 2.89. The second-order valence-corrected chi connectivity index (χ2v) is 3.02. The van der Waals surface area contributed by atoms with Crippen LogP contribution in [0.3, 0.4) is 0 Å². The van der Waals surface area contributed by atoms with Crippen molar-refractivity contribution in [1.82, 2.24) is 5.32 Å². The van der Waals surface area contributed by atoms with Gasteiger partial charge in [-0.15, -0.1) is 0 Å². The van der Waals surface area contributed by atoms with Crippen molar-refractivity contribution in [2.45, 2.75) is 6.04 Å². The number of methoxy groups -OCH3 is 2. The molecule has 0 aliphatic rings. The molecule has 1 N–H and O–H groups in total. The largest absolute Gasteiger partial charge is 0.497 e. The Balaban J connectivity index is 2.96. The van der Waals surface area contributed by atoms with Crippen LogP contribution in [0.15, 0.2) is 24.3 Å². The Morgan fingerprint density at radius 3 is 2.67 bits per heavy atom. The average molecular weight is 209 g/mol. The molecule has 0 spiro atoms. The van der Waals surface area contributed by atoms with E-state index in [4.69, 9.17) is 4.74 Å². The highest BCUT2D eigenvalue weighted by Crippen LogP contribution is 2.19. The molecular formula is C11H15NO3. The van der Waals surface area contributed by atoms with Gasteiger partial charge in [-0.3, -0.25) is 0 Å². The van der Waals surface area contributed by atoms with Gasteiger partial charge >= 0.3 is 5.97 Å². The van der Waals surface area contributed by atoms with Gasteiger partial charge < -0.3 is 14.8 Å². The predicted molar refractivity (Wildman–Crippen MR) is 56.8 cm³/mol.